The van der Waals surface area contributed by atoms with E-state index in [9.17, 15) is 4.79 Å². The Hall–Kier alpha value is -0.850. The van der Waals surface area contributed by atoms with Gasteiger partial charge in [0.15, 0.2) is 5.13 Å². The molecule has 0 aromatic carbocycles. The molecule has 0 bridgehead atoms. The average molecular weight is 270 g/mol. The smallest absolute Gasteiger partial charge is 0.236 e. The predicted molar refractivity (Wildman–Crippen MR) is 70.5 cm³/mol. The van der Waals surface area contributed by atoms with Crippen molar-refractivity contribution in [1.29, 1.82) is 0 Å². The zero-order valence-corrected chi connectivity index (χ0v) is 11.0. The van der Waals surface area contributed by atoms with E-state index in [1.165, 1.54) is 11.3 Å². The molecule has 2 aromatic rings. The topological polar surface area (TPSA) is 42.0 Å². The summed E-state index contributed by atoms with van der Waals surface area (Å²) in [6.07, 6.45) is 1.76. The SMILES string of the molecule is Cc1cnc(NC(=O)CSc2cccs2)s1. The third-order valence-corrected chi connectivity index (χ3v) is 4.67. The van der Waals surface area contributed by atoms with Crippen LogP contribution in [0.4, 0.5) is 5.13 Å². The van der Waals surface area contributed by atoms with Crippen LogP contribution in [0, 0.1) is 6.92 Å². The maximum Gasteiger partial charge on any atom is 0.236 e. The van der Waals surface area contributed by atoms with Crippen LogP contribution in [-0.4, -0.2) is 16.6 Å². The molecule has 0 saturated carbocycles. The summed E-state index contributed by atoms with van der Waals surface area (Å²) in [5.74, 6) is 0.423. The first-order valence-corrected chi connectivity index (χ1v) is 7.31. The standard InChI is InChI=1S/C10H10N2OS3/c1-7-5-11-10(16-7)12-8(13)6-15-9-3-2-4-14-9/h2-5H,6H2,1H3,(H,11,12,13). The molecule has 2 heterocycles. The van der Waals surface area contributed by atoms with Crippen molar-refractivity contribution in [3.05, 3.63) is 28.6 Å². The van der Waals surface area contributed by atoms with E-state index < -0.39 is 0 Å². The Morgan fingerprint density at radius 1 is 1.62 bits per heavy atom. The number of nitrogens with zero attached hydrogens (tertiary/aromatic N) is 1. The number of carbonyl (C=O) groups excluding carboxylic acids is 1. The molecule has 6 heteroatoms. The van der Waals surface area contributed by atoms with Crippen LogP contribution in [0.3, 0.4) is 0 Å². The van der Waals surface area contributed by atoms with Gasteiger partial charge < -0.3 is 5.32 Å². The van der Waals surface area contributed by atoms with Crippen LogP contribution in [-0.2, 0) is 4.79 Å². The minimum absolute atomic E-state index is 0.00671. The number of rotatable bonds is 4. The van der Waals surface area contributed by atoms with E-state index in [1.54, 1.807) is 29.3 Å². The number of amides is 1. The minimum atomic E-state index is -0.00671. The number of thiazole rings is 1. The average Bonchev–Trinajstić information content (AvgIpc) is 2.87. The first-order valence-electron chi connectivity index (χ1n) is 4.62. The van der Waals surface area contributed by atoms with E-state index in [2.05, 4.69) is 10.3 Å². The van der Waals surface area contributed by atoms with Gasteiger partial charge in [-0.05, 0) is 18.4 Å². The highest BCUT2D eigenvalue weighted by Crippen LogP contribution is 2.23. The molecule has 2 rings (SSSR count). The van der Waals surface area contributed by atoms with Crippen LogP contribution in [0.1, 0.15) is 4.88 Å². The Labute approximate surface area is 106 Å². The van der Waals surface area contributed by atoms with Crippen LogP contribution in [0.2, 0.25) is 0 Å². The molecule has 0 spiro atoms. The largest absolute Gasteiger partial charge is 0.301 e. The number of nitrogens with one attached hydrogen (secondary N) is 1. The van der Waals surface area contributed by atoms with Crippen molar-refractivity contribution in [2.24, 2.45) is 0 Å². The molecule has 0 radical (unpaired) electrons. The van der Waals surface area contributed by atoms with Gasteiger partial charge in [0.25, 0.3) is 0 Å². The number of anilines is 1. The molecule has 84 valence electrons. The van der Waals surface area contributed by atoms with E-state index in [4.69, 9.17) is 0 Å². The van der Waals surface area contributed by atoms with Gasteiger partial charge in [0.05, 0.1) is 9.96 Å². The summed E-state index contributed by atoms with van der Waals surface area (Å²) in [4.78, 5) is 16.7. The number of aryl methyl sites for hydroxylation is 1. The van der Waals surface area contributed by atoms with Crippen LogP contribution >= 0.6 is 34.4 Å². The molecule has 0 unspecified atom stereocenters. The molecule has 0 aliphatic heterocycles. The summed E-state index contributed by atoms with van der Waals surface area (Å²) in [7, 11) is 0. The normalized spacial score (nSPS) is 10.3. The Balaban J connectivity index is 1.81. The third-order valence-electron chi connectivity index (χ3n) is 1.71. The number of aromatic nitrogens is 1. The molecule has 16 heavy (non-hydrogen) atoms. The highest BCUT2D eigenvalue weighted by atomic mass is 32.2. The van der Waals surface area contributed by atoms with Gasteiger partial charge in [0.2, 0.25) is 5.91 Å². The Morgan fingerprint density at radius 2 is 2.50 bits per heavy atom. The first kappa shape index (κ1) is 11.6. The number of hydrogen-bond acceptors (Lipinski definition) is 5. The quantitative estimate of drug-likeness (QED) is 0.867. The molecule has 0 atom stereocenters. The van der Waals surface area contributed by atoms with E-state index >= 15 is 0 Å². The molecule has 0 saturated heterocycles. The van der Waals surface area contributed by atoms with Crippen molar-refractivity contribution in [2.45, 2.75) is 11.1 Å². The summed E-state index contributed by atoms with van der Waals surface area (Å²) in [5, 5.41) is 5.46. The molecule has 2 aromatic heterocycles. The fraction of sp³-hybridized carbons (Fsp3) is 0.200. The minimum Gasteiger partial charge on any atom is -0.301 e. The van der Waals surface area contributed by atoms with Gasteiger partial charge in [-0.1, -0.05) is 6.07 Å². The highest BCUT2D eigenvalue weighted by Gasteiger charge is 2.06. The number of thiophene rings is 1. The Morgan fingerprint density at radius 3 is 3.12 bits per heavy atom. The molecule has 0 aliphatic rings. The molecule has 3 nitrogen and oxygen atoms in total. The summed E-state index contributed by atoms with van der Waals surface area (Å²) >= 11 is 4.68. The lowest BCUT2D eigenvalue weighted by molar-refractivity contribution is -0.113. The van der Waals surface area contributed by atoms with Crippen molar-refractivity contribution < 1.29 is 4.79 Å². The van der Waals surface area contributed by atoms with Crippen molar-refractivity contribution in [1.82, 2.24) is 4.98 Å². The first-order chi connectivity index (χ1) is 7.74. The number of carbonyl (C=O) groups is 1. The van der Waals surface area contributed by atoms with Gasteiger partial charge >= 0.3 is 0 Å². The molecular weight excluding hydrogens is 260 g/mol. The van der Waals surface area contributed by atoms with Gasteiger partial charge in [-0.25, -0.2) is 4.98 Å². The van der Waals surface area contributed by atoms with E-state index in [-0.39, 0.29) is 5.91 Å². The van der Waals surface area contributed by atoms with Gasteiger partial charge in [-0.15, -0.1) is 34.4 Å². The maximum absolute atomic E-state index is 11.6. The van der Waals surface area contributed by atoms with Gasteiger partial charge in [-0.2, -0.15) is 0 Å². The fourth-order valence-electron chi connectivity index (χ4n) is 1.05. The zero-order valence-electron chi connectivity index (χ0n) is 8.60. The summed E-state index contributed by atoms with van der Waals surface area (Å²) < 4.78 is 1.16. The van der Waals surface area contributed by atoms with Gasteiger partial charge in [0, 0.05) is 11.1 Å². The van der Waals surface area contributed by atoms with Crippen molar-refractivity contribution in [3.63, 3.8) is 0 Å². The lowest BCUT2D eigenvalue weighted by Crippen LogP contribution is -2.13. The van der Waals surface area contributed by atoms with Crippen LogP contribution in [0.25, 0.3) is 0 Å². The maximum atomic E-state index is 11.6. The van der Waals surface area contributed by atoms with E-state index in [1.807, 2.05) is 24.4 Å². The Bertz CT molecular complexity index is 464. The van der Waals surface area contributed by atoms with E-state index in [0.717, 1.165) is 9.09 Å². The van der Waals surface area contributed by atoms with Crippen molar-refractivity contribution in [3.8, 4) is 0 Å². The van der Waals surface area contributed by atoms with Crippen LogP contribution in [0.5, 0.6) is 0 Å². The molecule has 0 aliphatic carbocycles. The van der Waals surface area contributed by atoms with Crippen molar-refractivity contribution in [2.75, 3.05) is 11.1 Å². The second-order valence-corrected chi connectivity index (χ2v) is 6.50. The molecular formula is C10H10N2OS3. The molecule has 1 amide bonds. The van der Waals surface area contributed by atoms with Crippen molar-refractivity contribution >= 4 is 45.5 Å². The number of hydrogen-bond donors (Lipinski definition) is 1. The van der Waals surface area contributed by atoms with Gasteiger partial charge in [0.1, 0.15) is 0 Å². The zero-order chi connectivity index (χ0) is 11.4. The lowest BCUT2D eigenvalue weighted by Gasteiger charge is -1.99. The second kappa shape index (κ2) is 5.47. The second-order valence-electron chi connectivity index (χ2n) is 3.05. The fourth-order valence-corrected chi connectivity index (χ4v) is 3.32. The van der Waals surface area contributed by atoms with Crippen LogP contribution in [0.15, 0.2) is 27.9 Å². The monoisotopic (exact) mass is 270 g/mol. The highest BCUT2D eigenvalue weighted by molar-refractivity contribution is 8.01. The summed E-state index contributed by atoms with van der Waals surface area (Å²) in [6, 6.07) is 3.99. The third kappa shape index (κ3) is 3.33. The molecule has 1 N–H and O–H groups in total. The predicted octanol–water partition coefficient (Wildman–Crippen LogP) is 3.24. The summed E-state index contributed by atoms with van der Waals surface area (Å²) in [6.45, 7) is 1.97. The molecule has 0 fully saturated rings. The van der Waals surface area contributed by atoms with Gasteiger partial charge in [-0.3, -0.25) is 4.79 Å². The Kier molecular flexibility index (Phi) is 3.98. The van der Waals surface area contributed by atoms with E-state index in [0.29, 0.717) is 10.9 Å². The van der Waals surface area contributed by atoms with Crippen LogP contribution < -0.4 is 5.32 Å². The lowest BCUT2D eigenvalue weighted by atomic mass is 10.6. The number of thioether (sulfide) groups is 1. The summed E-state index contributed by atoms with van der Waals surface area (Å²) in [5.41, 5.74) is 0.